The summed E-state index contributed by atoms with van der Waals surface area (Å²) in [5, 5.41) is 42.0. The molecular formula is C14H24N2O5. The molecule has 0 spiro atoms. The molecule has 1 heterocycles. The van der Waals surface area contributed by atoms with E-state index in [1.165, 1.54) is 4.90 Å². The zero-order chi connectivity index (χ0) is 16.0. The third kappa shape index (κ3) is 3.93. The van der Waals surface area contributed by atoms with Crippen molar-refractivity contribution in [2.75, 3.05) is 19.7 Å². The molecule has 5 unspecified atom stereocenters. The van der Waals surface area contributed by atoms with Crippen LogP contribution in [0.5, 0.6) is 0 Å². The van der Waals surface area contributed by atoms with Gasteiger partial charge in [-0.15, -0.1) is 12.3 Å². The summed E-state index contributed by atoms with van der Waals surface area (Å²) in [5.74, 6) is 2.03. The standard InChI is InChI=1S/C14H24N2O5/c1-3-5-6-7-16-9(8-17)11(18)13(20)12(19)10(16)14(21)15-4-2/h1,9-13,17-20H,4-8H2,2H3,(H,15,21). The van der Waals surface area contributed by atoms with E-state index in [1.54, 1.807) is 6.92 Å². The number of nitrogens with zero attached hydrogens (tertiary/aromatic N) is 1. The summed E-state index contributed by atoms with van der Waals surface area (Å²) in [6.45, 7) is 2.02. The average molecular weight is 300 g/mol. The molecule has 0 aromatic carbocycles. The van der Waals surface area contributed by atoms with Gasteiger partial charge in [-0.3, -0.25) is 9.69 Å². The number of hydrogen-bond donors (Lipinski definition) is 5. The van der Waals surface area contributed by atoms with Crippen molar-refractivity contribution in [3.05, 3.63) is 0 Å². The maximum Gasteiger partial charge on any atom is 0.240 e. The summed E-state index contributed by atoms with van der Waals surface area (Å²) in [6, 6.07) is -1.85. The van der Waals surface area contributed by atoms with Crippen molar-refractivity contribution in [2.24, 2.45) is 0 Å². The highest BCUT2D eigenvalue weighted by atomic mass is 16.4. The van der Waals surface area contributed by atoms with Crippen LogP contribution in [0.1, 0.15) is 19.8 Å². The first-order valence-corrected chi connectivity index (χ1v) is 7.11. The highest BCUT2D eigenvalue weighted by molar-refractivity contribution is 5.82. The maximum absolute atomic E-state index is 12.1. The number of unbranched alkanes of at least 4 members (excludes halogenated alkanes) is 1. The van der Waals surface area contributed by atoms with Gasteiger partial charge >= 0.3 is 0 Å². The van der Waals surface area contributed by atoms with Gasteiger partial charge in [-0.1, -0.05) is 0 Å². The Kier molecular flexibility index (Phi) is 7.08. The number of aliphatic hydroxyl groups is 4. The normalized spacial score (nSPS) is 33.4. The van der Waals surface area contributed by atoms with Crippen molar-refractivity contribution in [1.82, 2.24) is 10.2 Å². The van der Waals surface area contributed by atoms with Gasteiger partial charge in [0.1, 0.15) is 24.4 Å². The zero-order valence-electron chi connectivity index (χ0n) is 12.1. The quantitative estimate of drug-likeness (QED) is 0.278. The number of carbonyl (C=O) groups excluding carboxylic acids is 1. The molecule has 1 saturated heterocycles. The van der Waals surface area contributed by atoms with E-state index in [0.717, 1.165) is 0 Å². The van der Waals surface area contributed by atoms with E-state index in [2.05, 4.69) is 11.2 Å². The van der Waals surface area contributed by atoms with E-state index in [4.69, 9.17) is 6.42 Å². The predicted octanol–water partition coefficient (Wildman–Crippen LogP) is -2.34. The van der Waals surface area contributed by atoms with Gasteiger partial charge < -0.3 is 25.7 Å². The van der Waals surface area contributed by atoms with Crippen molar-refractivity contribution in [3.63, 3.8) is 0 Å². The summed E-state index contributed by atoms with van der Waals surface area (Å²) in [4.78, 5) is 13.7. The van der Waals surface area contributed by atoms with Gasteiger partial charge in [-0.05, 0) is 13.3 Å². The molecule has 1 aliphatic rings. The molecule has 1 rings (SSSR count). The van der Waals surface area contributed by atoms with E-state index in [9.17, 15) is 25.2 Å². The SMILES string of the molecule is C#CCCCN1C(CO)C(O)C(O)C(O)C1C(=O)NCC. The first-order chi connectivity index (χ1) is 9.99. The third-order valence-electron chi connectivity index (χ3n) is 3.74. The molecule has 0 saturated carbocycles. The summed E-state index contributed by atoms with van der Waals surface area (Å²) >= 11 is 0. The van der Waals surface area contributed by atoms with Crippen LogP contribution in [0, 0.1) is 12.3 Å². The largest absolute Gasteiger partial charge is 0.395 e. The first-order valence-electron chi connectivity index (χ1n) is 7.11. The van der Waals surface area contributed by atoms with Crippen molar-refractivity contribution < 1.29 is 25.2 Å². The van der Waals surface area contributed by atoms with Gasteiger partial charge in [0.25, 0.3) is 0 Å². The molecule has 5 N–H and O–H groups in total. The van der Waals surface area contributed by atoms with Crippen LogP contribution in [0.2, 0.25) is 0 Å². The minimum absolute atomic E-state index is 0.331. The molecule has 0 aliphatic carbocycles. The summed E-state index contributed by atoms with van der Waals surface area (Å²) < 4.78 is 0. The number of aliphatic hydroxyl groups excluding tert-OH is 4. The fraction of sp³-hybridized carbons (Fsp3) is 0.786. The smallest absolute Gasteiger partial charge is 0.240 e. The number of amides is 1. The number of rotatable bonds is 6. The van der Waals surface area contributed by atoms with Gasteiger partial charge in [-0.2, -0.15) is 0 Å². The zero-order valence-corrected chi connectivity index (χ0v) is 12.1. The summed E-state index contributed by atoms with van der Waals surface area (Å²) in [7, 11) is 0. The molecule has 1 amide bonds. The number of carbonyl (C=O) groups is 1. The average Bonchev–Trinajstić information content (AvgIpc) is 2.46. The predicted molar refractivity (Wildman–Crippen MR) is 76.1 cm³/mol. The van der Waals surface area contributed by atoms with Crippen LogP contribution < -0.4 is 5.32 Å². The number of terminal acetylenes is 1. The van der Waals surface area contributed by atoms with Gasteiger partial charge in [0, 0.05) is 19.5 Å². The fourth-order valence-electron chi connectivity index (χ4n) is 2.68. The molecule has 120 valence electrons. The molecule has 0 radical (unpaired) electrons. The molecule has 5 atom stereocenters. The van der Waals surface area contributed by atoms with Gasteiger partial charge in [0.2, 0.25) is 5.91 Å². The summed E-state index contributed by atoms with van der Waals surface area (Å²) in [6.07, 6.45) is 1.98. The molecule has 7 nitrogen and oxygen atoms in total. The van der Waals surface area contributed by atoms with Crippen LogP contribution in [0.15, 0.2) is 0 Å². The third-order valence-corrected chi connectivity index (χ3v) is 3.74. The second-order valence-electron chi connectivity index (χ2n) is 5.11. The number of hydrogen-bond acceptors (Lipinski definition) is 6. The minimum atomic E-state index is -1.49. The van der Waals surface area contributed by atoms with Gasteiger partial charge in [0.05, 0.1) is 12.6 Å². The Bertz CT molecular complexity index is 384. The van der Waals surface area contributed by atoms with Crippen molar-refractivity contribution in [1.29, 1.82) is 0 Å². The van der Waals surface area contributed by atoms with Crippen LogP contribution in [0.4, 0.5) is 0 Å². The van der Waals surface area contributed by atoms with Crippen LogP contribution in [-0.2, 0) is 4.79 Å². The Labute approximate surface area is 124 Å². The Morgan fingerprint density at radius 2 is 1.95 bits per heavy atom. The number of piperidine rings is 1. The molecule has 0 aromatic rings. The molecule has 0 aromatic heterocycles. The molecule has 21 heavy (non-hydrogen) atoms. The number of nitrogens with one attached hydrogen (secondary N) is 1. The molecule has 7 heteroatoms. The van der Waals surface area contributed by atoms with Crippen LogP contribution in [0.25, 0.3) is 0 Å². The Morgan fingerprint density at radius 1 is 1.29 bits per heavy atom. The van der Waals surface area contributed by atoms with Gasteiger partial charge in [0.15, 0.2) is 0 Å². The second-order valence-corrected chi connectivity index (χ2v) is 5.11. The van der Waals surface area contributed by atoms with Crippen molar-refractivity contribution in [3.8, 4) is 12.3 Å². The Morgan fingerprint density at radius 3 is 2.48 bits per heavy atom. The topological polar surface area (TPSA) is 113 Å². The van der Waals surface area contributed by atoms with Crippen molar-refractivity contribution in [2.45, 2.75) is 50.2 Å². The highest BCUT2D eigenvalue weighted by Crippen LogP contribution is 2.25. The molecular weight excluding hydrogens is 276 g/mol. The molecule has 0 bridgehead atoms. The molecule has 1 aliphatic heterocycles. The van der Waals surface area contributed by atoms with E-state index >= 15 is 0 Å². The van der Waals surface area contributed by atoms with Crippen LogP contribution in [0.3, 0.4) is 0 Å². The summed E-state index contributed by atoms with van der Waals surface area (Å²) in [5.41, 5.74) is 0. The van der Waals surface area contributed by atoms with Gasteiger partial charge in [-0.25, -0.2) is 0 Å². The lowest BCUT2D eigenvalue weighted by atomic mass is 9.87. The number of likely N-dealkylation sites (tertiary alicyclic amines) is 1. The number of likely N-dealkylation sites (N-methyl/N-ethyl adjacent to an activating group) is 1. The first kappa shape index (κ1) is 17.9. The van der Waals surface area contributed by atoms with E-state index in [1.807, 2.05) is 0 Å². The lowest BCUT2D eigenvalue weighted by molar-refractivity contribution is -0.178. The maximum atomic E-state index is 12.1. The van der Waals surface area contributed by atoms with Crippen molar-refractivity contribution >= 4 is 5.91 Å². The highest BCUT2D eigenvalue weighted by Gasteiger charge is 2.49. The lowest BCUT2D eigenvalue weighted by Gasteiger charge is -2.47. The Hall–Kier alpha value is -1.17. The van der Waals surface area contributed by atoms with E-state index in [0.29, 0.717) is 25.9 Å². The minimum Gasteiger partial charge on any atom is -0.395 e. The Balaban J connectivity index is 2.99. The monoisotopic (exact) mass is 300 g/mol. The van der Waals surface area contributed by atoms with Crippen LogP contribution in [-0.4, -0.2) is 81.3 Å². The molecule has 1 fully saturated rings. The fourth-order valence-corrected chi connectivity index (χ4v) is 2.68. The van der Waals surface area contributed by atoms with E-state index in [-0.39, 0.29) is 0 Å². The van der Waals surface area contributed by atoms with Crippen LogP contribution >= 0.6 is 0 Å². The second kappa shape index (κ2) is 8.32. The van der Waals surface area contributed by atoms with E-state index < -0.39 is 42.9 Å². The lowest BCUT2D eigenvalue weighted by Crippen LogP contribution is -2.70.